The van der Waals surface area contributed by atoms with Gasteiger partial charge >= 0.3 is 14.0 Å². The summed E-state index contributed by atoms with van der Waals surface area (Å²) in [7, 11) is -1.14. The van der Waals surface area contributed by atoms with Crippen LogP contribution < -0.4 is 0 Å². The summed E-state index contributed by atoms with van der Waals surface area (Å²) in [5.41, 5.74) is 2.35. The lowest BCUT2D eigenvalue weighted by molar-refractivity contribution is -0.0201. The van der Waals surface area contributed by atoms with Crippen LogP contribution in [0.25, 0.3) is 11.4 Å². The Bertz CT molecular complexity index is 1160. The molecule has 1 atom stereocenters. The monoisotopic (exact) mass is 520 g/mol. The molecule has 2 saturated heterocycles. The summed E-state index contributed by atoms with van der Waals surface area (Å²) < 4.78 is 25.5. The zero-order chi connectivity index (χ0) is 28.4. The number of nitrogens with zero attached hydrogens (tertiary/aromatic N) is 2. The molecule has 2 aromatic heterocycles. The summed E-state index contributed by atoms with van der Waals surface area (Å²) in [6.07, 6.45) is 5.50. The van der Waals surface area contributed by atoms with E-state index < -0.39 is 36.4 Å². The average Bonchev–Trinajstić information content (AvgIpc) is 3.19. The van der Waals surface area contributed by atoms with Crippen molar-refractivity contribution in [2.45, 2.75) is 129 Å². The topological polar surface area (TPSA) is 62.7 Å². The van der Waals surface area contributed by atoms with Crippen LogP contribution in [-0.2, 0) is 29.4 Å². The Balaban J connectivity index is 1.50. The molecule has 0 aliphatic carbocycles. The van der Waals surface area contributed by atoms with Crippen LogP contribution in [0.5, 0.6) is 0 Å². The van der Waals surface area contributed by atoms with Crippen LogP contribution in [0.15, 0.2) is 36.7 Å². The molecule has 0 N–H and O–H groups in total. The van der Waals surface area contributed by atoms with Gasteiger partial charge in [-0.25, -0.2) is 0 Å². The third-order valence-electron chi connectivity index (χ3n) is 9.21. The minimum absolute atomic E-state index is 0.0537. The van der Waals surface area contributed by atoms with Crippen molar-refractivity contribution < 1.29 is 18.6 Å². The number of aromatic nitrogens is 2. The molecule has 1 unspecified atom stereocenters. The summed E-state index contributed by atoms with van der Waals surface area (Å²) in [6, 6.07) is 8.54. The van der Waals surface area contributed by atoms with Gasteiger partial charge in [-0.05, 0) is 108 Å². The first-order valence-corrected chi connectivity index (χ1v) is 13.9. The number of rotatable bonds is 6. The summed E-state index contributed by atoms with van der Waals surface area (Å²) in [6.45, 7) is 25.7. The molecule has 206 valence electrons. The van der Waals surface area contributed by atoms with Gasteiger partial charge in [-0.2, -0.15) is 0 Å². The fourth-order valence-corrected chi connectivity index (χ4v) is 5.03. The van der Waals surface area contributed by atoms with Crippen LogP contribution in [0.1, 0.15) is 107 Å². The predicted molar refractivity (Wildman–Crippen MR) is 155 cm³/mol. The van der Waals surface area contributed by atoms with E-state index in [0.717, 1.165) is 24.2 Å². The van der Waals surface area contributed by atoms with Crippen LogP contribution in [-0.4, -0.2) is 46.4 Å². The molecule has 4 heterocycles. The van der Waals surface area contributed by atoms with Crippen LogP contribution in [0.2, 0.25) is 0 Å². The molecule has 6 nitrogen and oxygen atoms in total. The van der Waals surface area contributed by atoms with Gasteiger partial charge < -0.3 is 18.6 Å². The van der Waals surface area contributed by atoms with E-state index in [1.165, 1.54) is 11.1 Å². The Kier molecular flexibility index (Phi) is 7.26. The van der Waals surface area contributed by atoms with E-state index in [9.17, 15) is 0 Å². The van der Waals surface area contributed by atoms with Crippen molar-refractivity contribution in [1.29, 1.82) is 0 Å². The van der Waals surface area contributed by atoms with Gasteiger partial charge in [0.05, 0.1) is 33.8 Å². The second kappa shape index (κ2) is 9.43. The van der Waals surface area contributed by atoms with E-state index in [4.69, 9.17) is 18.6 Å². The molecule has 0 bridgehead atoms. The van der Waals surface area contributed by atoms with E-state index in [1.807, 2.05) is 40.1 Å². The largest absolute Gasteiger partial charge is 0.488 e. The summed E-state index contributed by atoms with van der Waals surface area (Å²) in [4.78, 5) is 9.29. The third-order valence-corrected chi connectivity index (χ3v) is 9.21. The Morgan fingerprint density at radius 2 is 1.11 bits per heavy atom. The number of hydrogen-bond donors (Lipinski definition) is 0. The van der Waals surface area contributed by atoms with E-state index in [2.05, 4.69) is 89.6 Å². The average molecular weight is 520 g/mol. The minimum atomic E-state index is -0.576. The molecule has 0 aromatic carbocycles. The van der Waals surface area contributed by atoms with Crippen LogP contribution in [0.4, 0.5) is 0 Å². The molecule has 0 spiro atoms. The van der Waals surface area contributed by atoms with Gasteiger partial charge in [0.25, 0.3) is 0 Å². The highest BCUT2D eigenvalue weighted by molar-refractivity contribution is 7.11. The molecular weight excluding hydrogens is 474 g/mol. The van der Waals surface area contributed by atoms with Gasteiger partial charge in [0.2, 0.25) is 0 Å². The van der Waals surface area contributed by atoms with Crippen molar-refractivity contribution >= 4 is 14.0 Å². The first-order chi connectivity index (χ1) is 17.3. The van der Waals surface area contributed by atoms with Crippen molar-refractivity contribution in [2.24, 2.45) is 0 Å². The van der Waals surface area contributed by atoms with Crippen molar-refractivity contribution in [2.75, 3.05) is 0 Å². The summed E-state index contributed by atoms with van der Waals surface area (Å²) >= 11 is 0. The second-order valence-electron chi connectivity index (χ2n) is 14.5. The number of hydrogen-bond acceptors (Lipinski definition) is 6. The van der Waals surface area contributed by atoms with Gasteiger partial charge in [0, 0.05) is 12.4 Å². The molecule has 2 aliphatic rings. The molecule has 8 heteroatoms. The highest BCUT2D eigenvalue weighted by Crippen LogP contribution is 2.46. The molecule has 0 radical (unpaired) electrons. The lowest BCUT2D eigenvalue weighted by Gasteiger charge is -2.39. The maximum absolute atomic E-state index is 6.61. The maximum Gasteiger partial charge on any atom is 0.488 e. The van der Waals surface area contributed by atoms with Crippen LogP contribution in [0, 0.1) is 0 Å². The second-order valence-corrected chi connectivity index (χ2v) is 14.5. The first kappa shape index (κ1) is 29.3. The molecule has 4 rings (SSSR count). The van der Waals surface area contributed by atoms with E-state index in [-0.39, 0.29) is 10.8 Å². The van der Waals surface area contributed by atoms with E-state index in [0.29, 0.717) is 0 Å². The van der Waals surface area contributed by atoms with Crippen molar-refractivity contribution in [3.8, 4) is 11.4 Å². The molecular formula is C30H46B2N2O4. The van der Waals surface area contributed by atoms with Gasteiger partial charge in [-0.3, -0.25) is 9.97 Å². The minimum Gasteiger partial charge on any atom is -0.405 e. The van der Waals surface area contributed by atoms with Gasteiger partial charge in [-0.1, -0.05) is 34.6 Å². The standard InChI is InChI=1S/C30H46B2N2O4/c1-25(2,3)21-13-17-33-23(19-21)24-20-22(14-18-34-24)26(4,5)15-16-30(12)29(10,11)37-32(38-30)31-35-27(6,7)28(8,9)36-31/h13-14,17-20H,15-16H2,1-12H3. The maximum atomic E-state index is 6.61. The van der Waals surface area contributed by atoms with E-state index in [1.54, 1.807) is 0 Å². The van der Waals surface area contributed by atoms with Crippen LogP contribution >= 0.6 is 0 Å². The zero-order valence-corrected chi connectivity index (χ0v) is 25.6. The lowest BCUT2D eigenvalue weighted by atomic mass is 9.49. The molecule has 2 aliphatic heterocycles. The van der Waals surface area contributed by atoms with Crippen molar-refractivity contribution in [3.05, 3.63) is 47.8 Å². The lowest BCUT2D eigenvalue weighted by Crippen LogP contribution is -2.45. The highest BCUT2D eigenvalue weighted by atomic mass is 16.7. The molecule has 0 amide bonds. The third kappa shape index (κ3) is 5.47. The fourth-order valence-electron chi connectivity index (χ4n) is 5.03. The quantitative estimate of drug-likeness (QED) is 0.393. The fraction of sp³-hybridized carbons (Fsp3) is 0.667. The highest BCUT2D eigenvalue weighted by Gasteiger charge is 2.64. The molecule has 0 saturated carbocycles. The Morgan fingerprint density at radius 1 is 0.658 bits per heavy atom. The van der Waals surface area contributed by atoms with Crippen LogP contribution in [0.3, 0.4) is 0 Å². The Morgan fingerprint density at radius 3 is 1.63 bits per heavy atom. The normalized spacial score (nSPS) is 24.7. The van der Waals surface area contributed by atoms with Crippen molar-refractivity contribution in [3.63, 3.8) is 0 Å². The Labute approximate surface area is 230 Å². The smallest absolute Gasteiger partial charge is 0.405 e. The predicted octanol–water partition coefficient (Wildman–Crippen LogP) is 6.74. The first-order valence-electron chi connectivity index (χ1n) is 13.9. The number of pyridine rings is 2. The molecule has 38 heavy (non-hydrogen) atoms. The van der Waals surface area contributed by atoms with Gasteiger partial charge in [0.1, 0.15) is 0 Å². The summed E-state index contributed by atoms with van der Waals surface area (Å²) in [5.74, 6) is 0. The van der Waals surface area contributed by atoms with Crippen molar-refractivity contribution in [1.82, 2.24) is 9.97 Å². The summed E-state index contributed by atoms with van der Waals surface area (Å²) in [5, 5.41) is 0. The van der Waals surface area contributed by atoms with Gasteiger partial charge in [-0.15, -0.1) is 0 Å². The zero-order valence-electron chi connectivity index (χ0n) is 25.6. The molecule has 2 aromatic rings. The van der Waals surface area contributed by atoms with E-state index >= 15 is 0 Å². The SMILES string of the molecule is CC(C)(C)c1ccnc(-c2cc(C(C)(C)CCC3(C)OB(B4OC(C)(C)C(C)(C)O4)OC3(C)C)ccn2)c1. The Hall–Kier alpha value is -1.73. The van der Waals surface area contributed by atoms with Gasteiger partial charge in [0.15, 0.2) is 0 Å². The molecule has 2 fully saturated rings.